The van der Waals surface area contributed by atoms with Gasteiger partial charge in [-0.3, -0.25) is 24.0 Å². The number of hydrogen-bond acceptors (Lipinski definition) is 6. The zero-order valence-electron chi connectivity index (χ0n) is 21.5. The van der Waals surface area contributed by atoms with E-state index in [2.05, 4.69) is 15.4 Å². The highest BCUT2D eigenvalue weighted by atomic mass is 19.2. The van der Waals surface area contributed by atoms with Gasteiger partial charge < -0.3 is 20.5 Å². The number of carbonyl (C=O) groups excluding carboxylic acids is 4. The summed E-state index contributed by atoms with van der Waals surface area (Å²) in [6.07, 6.45) is -1.67. The Kier molecular flexibility index (Phi) is 10.1. The predicted molar refractivity (Wildman–Crippen MR) is 137 cm³/mol. The normalized spacial score (nSPS) is 12.3. The molecule has 13 heteroatoms. The number of benzene rings is 3. The SMILES string of the molecule is C[C@H](CC(=O)C(=O)Nc1cccc2ccccc12)C(=O)N[C@@H](CCC(=O)O)C(=O)COc1c(F)c(F)cc(F)c1F. The number of anilines is 1. The van der Waals surface area contributed by atoms with Gasteiger partial charge in [-0.25, -0.2) is 8.78 Å². The van der Waals surface area contributed by atoms with Crippen LogP contribution >= 0.6 is 0 Å². The topological polar surface area (TPSA) is 139 Å². The fourth-order valence-corrected chi connectivity index (χ4v) is 3.81. The van der Waals surface area contributed by atoms with Crippen LogP contribution in [0.1, 0.15) is 26.2 Å². The molecule has 3 aromatic carbocycles. The van der Waals surface area contributed by atoms with E-state index in [0.717, 1.165) is 5.39 Å². The first-order chi connectivity index (χ1) is 19.4. The molecule has 2 amide bonds. The second-order valence-electron chi connectivity index (χ2n) is 9.06. The molecule has 0 saturated heterocycles. The Balaban J connectivity index is 1.63. The van der Waals surface area contributed by atoms with E-state index in [4.69, 9.17) is 5.11 Å². The van der Waals surface area contributed by atoms with E-state index in [-0.39, 0.29) is 6.07 Å². The van der Waals surface area contributed by atoms with E-state index < -0.39 is 96.2 Å². The number of amides is 2. The van der Waals surface area contributed by atoms with Crippen LogP contribution in [-0.4, -0.2) is 47.1 Å². The number of rotatable bonds is 13. The Hall–Kier alpha value is -4.81. The van der Waals surface area contributed by atoms with Gasteiger partial charge in [-0.15, -0.1) is 0 Å². The second kappa shape index (κ2) is 13.5. The van der Waals surface area contributed by atoms with Crippen molar-refractivity contribution in [3.63, 3.8) is 0 Å². The number of nitrogens with one attached hydrogen (secondary N) is 2. The smallest absolute Gasteiger partial charge is 0.303 e. The van der Waals surface area contributed by atoms with Crippen molar-refractivity contribution >= 4 is 45.8 Å². The molecule has 0 heterocycles. The predicted octanol–water partition coefficient (Wildman–Crippen LogP) is 3.93. The Morgan fingerprint density at radius 3 is 2.22 bits per heavy atom. The van der Waals surface area contributed by atoms with Crippen LogP contribution in [0.3, 0.4) is 0 Å². The van der Waals surface area contributed by atoms with E-state index in [1.54, 1.807) is 30.3 Å². The highest BCUT2D eigenvalue weighted by Gasteiger charge is 2.28. The quantitative estimate of drug-likeness (QED) is 0.159. The zero-order valence-corrected chi connectivity index (χ0v) is 21.5. The van der Waals surface area contributed by atoms with Crippen LogP contribution in [0.4, 0.5) is 23.2 Å². The maximum Gasteiger partial charge on any atom is 0.303 e. The third kappa shape index (κ3) is 7.87. The molecule has 0 aliphatic rings. The van der Waals surface area contributed by atoms with Gasteiger partial charge in [0.25, 0.3) is 5.91 Å². The second-order valence-corrected chi connectivity index (χ2v) is 9.06. The van der Waals surface area contributed by atoms with Gasteiger partial charge in [0.1, 0.15) is 6.61 Å². The number of carboxylic acids is 1. The first kappa shape index (κ1) is 30.7. The summed E-state index contributed by atoms with van der Waals surface area (Å²) in [4.78, 5) is 61.4. The van der Waals surface area contributed by atoms with Crippen LogP contribution in [0.2, 0.25) is 0 Å². The molecule has 0 fully saturated rings. The van der Waals surface area contributed by atoms with Crippen molar-refractivity contribution in [1.29, 1.82) is 0 Å². The first-order valence-corrected chi connectivity index (χ1v) is 12.2. The minimum Gasteiger partial charge on any atom is -0.481 e. The van der Waals surface area contributed by atoms with Crippen LogP contribution in [0, 0.1) is 29.2 Å². The minimum absolute atomic E-state index is 0.0553. The highest BCUT2D eigenvalue weighted by molar-refractivity contribution is 6.41. The highest BCUT2D eigenvalue weighted by Crippen LogP contribution is 2.27. The first-order valence-electron chi connectivity index (χ1n) is 12.2. The summed E-state index contributed by atoms with van der Waals surface area (Å²) < 4.78 is 59.1. The number of carboxylic acid groups (broad SMARTS) is 1. The van der Waals surface area contributed by atoms with Crippen molar-refractivity contribution in [2.24, 2.45) is 5.92 Å². The lowest BCUT2D eigenvalue weighted by atomic mass is 10.0. The monoisotopic (exact) mass is 576 g/mol. The summed E-state index contributed by atoms with van der Waals surface area (Å²) in [6.45, 7) is 0.107. The molecule has 0 radical (unpaired) electrons. The van der Waals surface area contributed by atoms with Crippen molar-refractivity contribution in [1.82, 2.24) is 5.32 Å². The van der Waals surface area contributed by atoms with Crippen molar-refractivity contribution < 1.29 is 51.4 Å². The van der Waals surface area contributed by atoms with E-state index in [0.29, 0.717) is 11.1 Å². The molecule has 0 aromatic heterocycles. The Bertz CT molecular complexity index is 1480. The lowest BCUT2D eigenvalue weighted by Crippen LogP contribution is -2.45. The van der Waals surface area contributed by atoms with E-state index in [1.165, 1.54) is 6.92 Å². The van der Waals surface area contributed by atoms with Crippen LogP contribution in [0.25, 0.3) is 10.8 Å². The molecule has 0 aliphatic carbocycles. The van der Waals surface area contributed by atoms with E-state index >= 15 is 0 Å². The summed E-state index contributed by atoms with van der Waals surface area (Å²) in [6, 6.07) is 10.6. The molecule has 3 aromatic rings. The van der Waals surface area contributed by atoms with Crippen molar-refractivity contribution in [2.45, 2.75) is 32.2 Å². The van der Waals surface area contributed by atoms with Gasteiger partial charge in [0.2, 0.25) is 23.3 Å². The standard InChI is InChI=1S/C28H24F4N2O7/c1-14(11-21(35)28(40)33-19-8-4-6-15-5-2-3-7-16(15)19)27(39)34-20(9-10-23(37)38)22(36)13-41-26-24(31)17(29)12-18(30)25(26)32/h2-8,12,14,20H,9-11,13H2,1H3,(H,33,40)(H,34,39)(H,37,38)/t14-,20+/m1/s1. The molecule has 41 heavy (non-hydrogen) atoms. The number of carbonyl (C=O) groups is 5. The summed E-state index contributed by atoms with van der Waals surface area (Å²) >= 11 is 0. The lowest BCUT2D eigenvalue weighted by molar-refractivity contribution is -0.139. The summed E-state index contributed by atoms with van der Waals surface area (Å²) in [7, 11) is 0. The molecule has 216 valence electrons. The van der Waals surface area contributed by atoms with Gasteiger partial charge in [0.05, 0.1) is 6.04 Å². The van der Waals surface area contributed by atoms with Crippen molar-refractivity contribution in [3.8, 4) is 5.75 Å². The van der Waals surface area contributed by atoms with Crippen LogP contribution < -0.4 is 15.4 Å². The third-order valence-electron chi connectivity index (χ3n) is 6.01. The zero-order chi connectivity index (χ0) is 30.3. The molecular weight excluding hydrogens is 552 g/mol. The van der Waals surface area contributed by atoms with E-state index in [9.17, 15) is 41.5 Å². The Morgan fingerprint density at radius 2 is 1.56 bits per heavy atom. The fourth-order valence-electron chi connectivity index (χ4n) is 3.81. The lowest BCUT2D eigenvalue weighted by Gasteiger charge is -2.20. The number of halogens is 4. The van der Waals surface area contributed by atoms with Gasteiger partial charge >= 0.3 is 5.97 Å². The van der Waals surface area contributed by atoms with Gasteiger partial charge in [-0.05, 0) is 17.9 Å². The van der Waals surface area contributed by atoms with Crippen molar-refractivity contribution in [3.05, 3.63) is 71.8 Å². The minimum atomic E-state index is -1.89. The number of fused-ring (bicyclic) bond motifs is 1. The largest absolute Gasteiger partial charge is 0.481 e. The van der Waals surface area contributed by atoms with Crippen molar-refractivity contribution in [2.75, 3.05) is 11.9 Å². The third-order valence-corrected chi connectivity index (χ3v) is 6.01. The molecule has 0 unspecified atom stereocenters. The summed E-state index contributed by atoms with van der Waals surface area (Å²) in [5, 5.41) is 15.2. The molecular formula is C28H24F4N2O7. The fraction of sp³-hybridized carbons (Fsp3) is 0.250. The van der Waals surface area contributed by atoms with E-state index in [1.807, 2.05) is 12.1 Å². The molecule has 0 bridgehead atoms. The molecule has 9 nitrogen and oxygen atoms in total. The summed E-state index contributed by atoms with van der Waals surface area (Å²) in [5.74, 6) is -15.2. The molecule has 0 aliphatic heterocycles. The molecule has 2 atom stereocenters. The average Bonchev–Trinajstić information content (AvgIpc) is 2.93. The number of hydrogen-bond donors (Lipinski definition) is 3. The molecule has 3 N–H and O–H groups in total. The number of ketones is 2. The Morgan fingerprint density at radius 1 is 0.927 bits per heavy atom. The number of aliphatic carboxylic acids is 1. The molecule has 3 rings (SSSR count). The number of ether oxygens (including phenoxy) is 1. The maximum atomic E-state index is 13.8. The number of Topliss-reactive ketones (excluding diaryl/α,β-unsaturated/α-hetero) is 2. The Labute approximate surface area is 230 Å². The van der Waals surface area contributed by atoms with Crippen LogP contribution in [0.5, 0.6) is 5.75 Å². The molecule has 0 spiro atoms. The summed E-state index contributed by atoms with van der Waals surface area (Å²) in [5.41, 5.74) is 0.379. The van der Waals surface area contributed by atoms with Crippen LogP contribution in [-0.2, 0) is 24.0 Å². The average molecular weight is 576 g/mol. The van der Waals surface area contributed by atoms with Gasteiger partial charge in [0.15, 0.2) is 23.2 Å². The van der Waals surface area contributed by atoms with Crippen LogP contribution in [0.15, 0.2) is 48.5 Å². The molecule has 0 saturated carbocycles. The maximum absolute atomic E-state index is 13.8. The van der Waals surface area contributed by atoms with Gasteiger partial charge in [-0.2, -0.15) is 8.78 Å². The van der Waals surface area contributed by atoms with Gasteiger partial charge in [0, 0.05) is 35.9 Å². The van der Waals surface area contributed by atoms with Gasteiger partial charge in [-0.1, -0.05) is 43.3 Å².